The molecule has 0 amide bonds. The first-order valence-electron chi connectivity index (χ1n) is 9.50. The van der Waals surface area contributed by atoms with E-state index in [1.165, 1.54) is 0 Å². The summed E-state index contributed by atoms with van der Waals surface area (Å²) in [6.45, 7) is 0. The molecule has 140 valence electrons. The number of hydrogen-bond donors (Lipinski definition) is 1. The smallest absolute Gasteiger partial charge is 0.169 e. The predicted molar refractivity (Wildman–Crippen MR) is 123 cm³/mol. The zero-order valence-electron chi connectivity index (χ0n) is 15.6. The fourth-order valence-corrected chi connectivity index (χ4v) is 4.05. The summed E-state index contributed by atoms with van der Waals surface area (Å²) in [6, 6.07) is 32.9. The molecule has 4 aromatic carbocycles. The molecule has 1 unspecified atom stereocenters. The van der Waals surface area contributed by atoms with Crippen molar-refractivity contribution >= 4 is 38.4 Å². The van der Waals surface area contributed by atoms with Crippen LogP contribution in [0.25, 0.3) is 10.8 Å². The summed E-state index contributed by atoms with van der Waals surface area (Å²) in [5.74, 6) is 1.66. The lowest BCUT2D eigenvalue weighted by molar-refractivity contribution is 0.756. The maximum Gasteiger partial charge on any atom is 0.169 e. The van der Waals surface area contributed by atoms with Crippen molar-refractivity contribution in [2.45, 2.75) is 6.17 Å². The highest BCUT2D eigenvalue weighted by Gasteiger charge is 2.21. The SMILES string of the molecule is Brc1ccc(C2=NC(c3ccccc3)N=C(c3ccccc3)N2)c2ccccc12. The summed E-state index contributed by atoms with van der Waals surface area (Å²) >= 11 is 3.67. The largest absolute Gasteiger partial charge is 0.324 e. The van der Waals surface area contributed by atoms with Crippen LogP contribution in [0.15, 0.2) is 112 Å². The number of hydrogen-bond acceptors (Lipinski definition) is 3. The van der Waals surface area contributed by atoms with Crippen LogP contribution in [0.1, 0.15) is 22.9 Å². The molecular weight excluding hydrogens is 422 g/mol. The van der Waals surface area contributed by atoms with Gasteiger partial charge in [0.15, 0.2) is 6.17 Å². The van der Waals surface area contributed by atoms with Gasteiger partial charge >= 0.3 is 0 Å². The molecule has 0 aliphatic carbocycles. The maximum absolute atomic E-state index is 4.98. The van der Waals surface area contributed by atoms with Gasteiger partial charge in [0.05, 0.1) is 0 Å². The molecule has 0 saturated carbocycles. The Hall–Kier alpha value is -3.24. The third kappa shape index (κ3) is 3.47. The highest BCUT2D eigenvalue weighted by atomic mass is 79.9. The van der Waals surface area contributed by atoms with E-state index in [1.54, 1.807) is 0 Å². The van der Waals surface area contributed by atoms with Crippen LogP contribution in [-0.4, -0.2) is 11.7 Å². The summed E-state index contributed by atoms with van der Waals surface area (Å²) in [6.07, 6.45) is -0.287. The third-order valence-electron chi connectivity index (χ3n) is 5.01. The number of benzene rings is 4. The lowest BCUT2D eigenvalue weighted by Gasteiger charge is -2.23. The van der Waals surface area contributed by atoms with Crippen molar-refractivity contribution in [3.63, 3.8) is 0 Å². The van der Waals surface area contributed by atoms with Gasteiger partial charge in [0.2, 0.25) is 0 Å². The number of amidine groups is 2. The van der Waals surface area contributed by atoms with Gasteiger partial charge in [-0.2, -0.15) is 0 Å². The van der Waals surface area contributed by atoms with Crippen LogP contribution >= 0.6 is 15.9 Å². The zero-order chi connectivity index (χ0) is 19.6. The summed E-state index contributed by atoms with van der Waals surface area (Å²) in [5.41, 5.74) is 3.18. The molecule has 29 heavy (non-hydrogen) atoms. The Morgan fingerprint density at radius 3 is 2.00 bits per heavy atom. The van der Waals surface area contributed by atoms with E-state index >= 15 is 0 Å². The van der Waals surface area contributed by atoms with Gasteiger partial charge < -0.3 is 5.32 Å². The molecule has 3 nitrogen and oxygen atoms in total. The van der Waals surface area contributed by atoms with E-state index < -0.39 is 0 Å². The molecule has 5 rings (SSSR count). The van der Waals surface area contributed by atoms with E-state index in [2.05, 4.69) is 81.9 Å². The minimum atomic E-state index is -0.287. The van der Waals surface area contributed by atoms with Crippen molar-refractivity contribution in [1.82, 2.24) is 5.32 Å². The van der Waals surface area contributed by atoms with Gasteiger partial charge in [0.25, 0.3) is 0 Å². The van der Waals surface area contributed by atoms with Gasteiger partial charge in [-0.05, 0) is 28.5 Å². The Balaban J connectivity index is 1.67. The van der Waals surface area contributed by atoms with Crippen molar-refractivity contribution in [2.75, 3.05) is 0 Å². The number of nitrogens with zero attached hydrogens (tertiary/aromatic N) is 2. The van der Waals surface area contributed by atoms with Gasteiger partial charge in [0.1, 0.15) is 11.7 Å². The van der Waals surface area contributed by atoms with E-state index in [-0.39, 0.29) is 6.17 Å². The molecule has 1 heterocycles. The number of nitrogens with one attached hydrogen (secondary N) is 1. The third-order valence-corrected chi connectivity index (χ3v) is 5.70. The van der Waals surface area contributed by atoms with Crippen molar-refractivity contribution in [3.8, 4) is 0 Å². The monoisotopic (exact) mass is 439 g/mol. The van der Waals surface area contributed by atoms with Gasteiger partial charge in [0, 0.05) is 15.6 Å². The van der Waals surface area contributed by atoms with Crippen LogP contribution in [0.4, 0.5) is 0 Å². The molecule has 1 aliphatic heterocycles. The van der Waals surface area contributed by atoms with E-state index in [9.17, 15) is 0 Å². The Bertz CT molecular complexity index is 1230. The molecule has 0 radical (unpaired) electrons. The molecular formula is C25H18BrN3. The Morgan fingerprint density at radius 1 is 0.621 bits per heavy atom. The van der Waals surface area contributed by atoms with Crippen LogP contribution in [0, 0.1) is 0 Å². The minimum Gasteiger partial charge on any atom is -0.324 e. The normalized spacial score (nSPS) is 16.1. The van der Waals surface area contributed by atoms with Crippen LogP contribution in [0.2, 0.25) is 0 Å². The number of aliphatic imine (C=N–C) groups is 2. The summed E-state index contributed by atoms with van der Waals surface area (Å²) in [7, 11) is 0. The lowest BCUT2D eigenvalue weighted by Crippen LogP contribution is -2.36. The molecule has 0 saturated heterocycles. The number of rotatable bonds is 3. The second-order valence-electron chi connectivity index (χ2n) is 6.87. The van der Waals surface area contributed by atoms with Crippen molar-refractivity contribution in [1.29, 1.82) is 0 Å². The number of halogens is 1. The second kappa shape index (κ2) is 7.64. The van der Waals surface area contributed by atoms with Gasteiger partial charge in [-0.1, -0.05) is 101 Å². The van der Waals surface area contributed by atoms with E-state index in [0.29, 0.717) is 0 Å². The average Bonchev–Trinajstić information content (AvgIpc) is 2.80. The Kier molecular flexibility index (Phi) is 4.70. The fraction of sp³-hybridized carbons (Fsp3) is 0.0400. The summed E-state index contributed by atoms with van der Waals surface area (Å²) in [5, 5.41) is 5.79. The van der Waals surface area contributed by atoms with E-state index in [1.807, 2.05) is 36.4 Å². The zero-order valence-corrected chi connectivity index (χ0v) is 17.2. The molecule has 0 fully saturated rings. The van der Waals surface area contributed by atoms with E-state index in [4.69, 9.17) is 9.98 Å². The number of fused-ring (bicyclic) bond motifs is 1. The molecule has 4 heteroatoms. The highest BCUT2D eigenvalue weighted by molar-refractivity contribution is 9.10. The topological polar surface area (TPSA) is 36.8 Å². The molecule has 0 bridgehead atoms. The second-order valence-corrected chi connectivity index (χ2v) is 7.73. The Labute approximate surface area is 178 Å². The van der Waals surface area contributed by atoms with Crippen LogP contribution < -0.4 is 5.32 Å². The van der Waals surface area contributed by atoms with Crippen LogP contribution in [0.3, 0.4) is 0 Å². The molecule has 1 N–H and O–H groups in total. The predicted octanol–water partition coefficient (Wildman–Crippen LogP) is 6.10. The van der Waals surface area contributed by atoms with E-state index in [0.717, 1.165) is 43.6 Å². The van der Waals surface area contributed by atoms with Crippen LogP contribution in [0.5, 0.6) is 0 Å². The Morgan fingerprint density at radius 2 is 1.24 bits per heavy atom. The fourth-order valence-electron chi connectivity index (χ4n) is 3.57. The summed E-state index contributed by atoms with van der Waals surface area (Å²) in [4.78, 5) is 9.88. The lowest BCUT2D eigenvalue weighted by atomic mass is 10.0. The molecule has 1 aliphatic rings. The average molecular weight is 440 g/mol. The van der Waals surface area contributed by atoms with Crippen molar-refractivity contribution < 1.29 is 0 Å². The maximum atomic E-state index is 4.98. The molecule has 1 atom stereocenters. The van der Waals surface area contributed by atoms with Gasteiger partial charge in [-0.25, -0.2) is 9.98 Å². The van der Waals surface area contributed by atoms with Gasteiger partial charge in [-0.3, -0.25) is 0 Å². The first-order chi connectivity index (χ1) is 14.3. The summed E-state index contributed by atoms with van der Waals surface area (Å²) < 4.78 is 1.07. The first kappa shape index (κ1) is 17.8. The van der Waals surface area contributed by atoms with Crippen molar-refractivity contribution in [2.24, 2.45) is 9.98 Å². The first-order valence-corrected chi connectivity index (χ1v) is 10.3. The van der Waals surface area contributed by atoms with Crippen molar-refractivity contribution in [3.05, 3.63) is 118 Å². The van der Waals surface area contributed by atoms with Gasteiger partial charge in [-0.15, -0.1) is 0 Å². The molecule has 0 aromatic heterocycles. The highest BCUT2D eigenvalue weighted by Crippen LogP contribution is 2.29. The molecule has 0 spiro atoms. The molecule has 4 aromatic rings. The van der Waals surface area contributed by atoms with Crippen LogP contribution in [-0.2, 0) is 0 Å². The standard InChI is InChI=1S/C25H18BrN3/c26-22-16-15-21(19-13-7-8-14-20(19)22)25-28-23(17-9-3-1-4-10-17)27-24(29-25)18-11-5-2-6-12-18/h1-16,23H,(H,27,28,29). The minimum absolute atomic E-state index is 0.287. The quantitative estimate of drug-likeness (QED) is 0.411.